The first-order valence-electron chi connectivity index (χ1n) is 10.6. The molecular formula is C24H24N4O3S2. The van der Waals surface area contributed by atoms with Crippen molar-refractivity contribution in [3.05, 3.63) is 70.1 Å². The molecule has 0 spiro atoms. The number of carbonyl (C=O) groups excluding carboxylic acids is 3. The second kappa shape index (κ2) is 9.36. The number of anilines is 2. The number of carbonyl (C=O) groups is 3. The number of hydrogen-bond acceptors (Lipinski definition) is 6. The smallest absolute Gasteiger partial charge is 0.259 e. The average molecular weight is 481 g/mol. The topological polar surface area (TPSA) is 90.5 Å². The zero-order chi connectivity index (χ0) is 23.7. The maximum absolute atomic E-state index is 13.2. The Labute approximate surface area is 202 Å². The van der Waals surface area contributed by atoms with E-state index in [0.29, 0.717) is 10.6 Å². The number of nitrogens with one attached hydrogen (secondary N) is 3. The highest BCUT2D eigenvalue weighted by Gasteiger charge is 2.40. The van der Waals surface area contributed by atoms with Gasteiger partial charge in [-0.2, -0.15) is 0 Å². The fraction of sp³-hybridized carbons (Fsp3) is 0.250. The van der Waals surface area contributed by atoms with E-state index in [1.165, 1.54) is 28.3 Å². The average Bonchev–Trinajstić information content (AvgIpc) is 3.12. The van der Waals surface area contributed by atoms with E-state index < -0.39 is 23.2 Å². The lowest BCUT2D eigenvalue weighted by Gasteiger charge is -2.31. The zero-order valence-corrected chi connectivity index (χ0v) is 20.1. The van der Waals surface area contributed by atoms with Crippen molar-refractivity contribution >= 4 is 58.2 Å². The first kappa shape index (κ1) is 23.0. The highest BCUT2D eigenvalue weighted by atomic mass is 32.2. The van der Waals surface area contributed by atoms with E-state index >= 15 is 0 Å². The number of benzene rings is 2. The number of thiocarbonyl (C=S) groups is 1. The van der Waals surface area contributed by atoms with E-state index in [-0.39, 0.29) is 11.0 Å². The van der Waals surface area contributed by atoms with Gasteiger partial charge < -0.3 is 16.0 Å². The van der Waals surface area contributed by atoms with Gasteiger partial charge in [0.25, 0.3) is 5.91 Å². The Kier molecular flexibility index (Phi) is 6.53. The molecule has 9 heteroatoms. The van der Waals surface area contributed by atoms with Gasteiger partial charge in [0, 0.05) is 5.69 Å². The van der Waals surface area contributed by atoms with Gasteiger partial charge in [-0.25, -0.2) is 0 Å². The lowest BCUT2D eigenvalue weighted by Crippen LogP contribution is -2.57. The maximum atomic E-state index is 13.2. The molecule has 3 N–H and O–H groups in total. The van der Waals surface area contributed by atoms with Crippen molar-refractivity contribution in [3.8, 4) is 0 Å². The largest absolute Gasteiger partial charge is 0.357 e. The highest BCUT2D eigenvalue weighted by molar-refractivity contribution is 8.05. The van der Waals surface area contributed by atoms with Crippen LogP contribution < -0.4 is 20.9 Å². The van der Waals surface area contributed by atoms with Crippen LogP contribution in [-0.2, 0) is 20.8 Å². The Balaban J connectivity index is 1.53. The van der Waals surface area contributed by atoms with Crippen LogP contribution in [0.4, 0.5) is 11.4 Å². The highest BCUT2D eigenvalue weighted by Crippen LogP contribution is 2.31. The van der Waals surface area contributed by atoms with Crippen LogP contribution in [0.25, 0.3) is 0 Å². The SMILES string of the molecule is CCc1ccc(N[C@H]2NC(=O)/C(=C\[C@@H]3C(=O)NC(=S)N(c4ccc(C)c(C)c4)C3=O)S2)cc1. The second-order valence-corrected chi connectivity index (χ2v) is 9.44. The van der Waals surface area contributed by atoms with Crippen LogP contribution in [0.5, 0.6) is 0 Å². The quantitative estimate of drug-likeness (QED) is 0.345. The van der Waals surface area contributed by atoms with E-state index in [1.54, 1.807) is 6.07 Å². The summed E-state index contributed by atoms with van der Waals surface area (Å²) < 4.78 is 0. The summed E-state index contributed by atoms with van der Waals surface area (Å²) in [6.07, 6.45) is 2.36. The number of aryl methyl sites for hydroxylation is 3. The predicted molar refractivity (Wildman–Crippen MR) is 135 cm³/mol. The molecular weight excluding hydrogens is 456 g/mol. The molecule has 2 atom stereocenters. The predicted octanol–water partition coefficient (Wildman–Crippen LogP) is 3.37. The Hall–Kier alpha value is -3.17. The van der Waals surface area contributed by atoms with Crippen LogP contribution in [0.1, 0.15) is 23.6 Å². The molecule has 0 saturated carbocycles. The minimum absolute atomic E-state index is 0.0292. The molecule has 3 amide bonds. The zero-order valence-electron chi connectivity index (χ0n) is 18.5. The first-order chi connectivity index (χ1) is 15.8. The summed E-state index contributed by atoms with van der Waals surface area (Å²) in [5.41, 5.74) is 4.34. The van der Waals surface area contributed by atoms with Crippen molar-refractivity contribution in [1.29, 1.82) is 0 Å². The Morgan fingerprint density at radius 2 is 1.82 bits per heavy atom. The Morgan fingerprint density at radius 1 is 1.09 bits per heavy atom. The fourth-order valence-corrected chi connectivity index (χ4v) is 4.86. The number of rotatable bonds is 5. The van der Waals surface area contributed by atoms with Crippen LogP contribution in [0.15, 0.2) is 53.4 Å². The third-order valence-electron chi connectivity index (χ3n) is 5.66. The molecule has 2 aliphatic rings. The summed E-state index contributed by atoms with van der Waals surface area (Å²) in [6, 6.07) is 13.5. The Bertz CT molecular complexity index is 1180. The summed E-state index contributed by atoms with van der Waals surface area (Å²) in [5.74, 6) is -2.53. The molecule has 0 radical (unpaired) electrons. The molecule has 0 aromatic heterocycles. The van der Waals surface area contributed by atoms with Crippen LogP contribution in [0, 0.1) is 19.8 Å². The molecule has 4 rings (SSSR count). The van der Waals surface area contributed by atoms with Gasteiger partial charge in [0.05, 0.1) is 10.6 Å². The van der Waals surface area contributed by atoms with Crippen LogP contribution >= 0.6 is 24.0 Å². The first-order valence-corrected chi connectivity index (χ1v) is 11.9. The standard InChI is InChI=1S/C24H24N4O3S2/c1-4-15-6-8-16(9-7-15)25-23-26-21(30)19(33-23)12-18-20(29)27-24(32)28(22(18)31)17-10-5-13(2)14(3)11-17/h5-12,18,23,25H,4H2,1-3H3,(H,26,30)(H,27,29,32)/b19-12+/t18-,23+/m1/s1. The lowest BCUT2D eigenvalue weighted by atomic mass is 10.0. The summed E-state index contributed by atoms with van der Waals surface area (Å²) in [6.45, 7) is 6.00. The van der Waals surface area contributed by atoms with Crippen molar-refractivity contribution in [1.82, 2.24) is 10.6 Å². The lowest BCUT2D eigenvalue weighted by molar-refractivity contribution is -0.131. The summed E-state index contributed by atoms with van der Waals surface area (Å²) in [5, 5.41) is 8.69. The number of amides is 3. The molecule has 2 saturated heterocycles. The number of nitrogens with zero attached hydrogens (tertiary/aromatic N) is 1. The van der Waals surface area contributed by atoms with Gasteiger partial charge in [-0.3, -0.25) is 19.3 Å². The van der Waals surface area contributed by atoms with E-state index in [0.717, 1.165) is 23.2 Å². The van der Waals surface area contributed by atoms with Gasteiger partial charge in [-0.05, 0) is 79.5 Å². The van der Waals surface area contributed by atoms with Gasteiger partial charge in [-0.15, -0.1) is 0 Å². The van der Waals surface area contributed by atoms with Gasteiger partial charge >= 0.3 is 0 Å². The molecule has 0 bridgehead atoms. The van der Waals surface area contributed by atoms with E-state index in [1.807, 2.05) is 50.2 Å². The van der Waals surface area contributed by atoms with Crippen molar-refractivity contribution in [3.63, 3.8) is 0 Å². The third-order valence-corrected chi connectivity index (χ3v) is 6.99. The van der Waals surface area contributed by atoms with Gasteiger partial charge in [-0.1, -0.05) is 36.9 Å². The summed E-state index contributed by atoms with van der Waals surface area (Å²) >= 11 is 6.49. The van der Waals surface area contributed by atoms with Crippen molar-refractivity contribution in [2.24, 2.45) is 5.92 Å². The minimum atomic E-state index is -1.16. The normalized spacial score (nSPS) is 21.9. The van der Waals surface area contributed by atoms with Crippen LogP contribution in [-0.4, -0.2) is 28.3 Å². The van der Waals surface area contributed by atoms with E-state index in [4.69, 9.17) is 12.2 Å². The summed E-state index contributed by atoms with van der Waals surface area (Å²) in [4.78, 5) is 40.0. The van der Waals surface area contributed by atoms with Crippen molar-refractivity contribution < 1.29 is 14.4 Å². The van der Waals surface area contributed by atoms with Crippen molar-refractivity contribution in [2.75, 3.05) is 10.2 Å². The maximum Gasteiger partial charge on any atom is 0.259 e. The van der Waals surface area contributed by atoms with Crippen LogP contribution in [0.3, 0.4) is 0 Å². The van der Waals surface area contributed by atoms with E-state index in [2.05, 4.69) is 22.9 Å². The molecule has 0 unspecified atom stereocenters. The molecule has 170 valence electrons. The molecule has 2 aliphatic heterocycles. The van der Waals surface area contributed by atoms with Crippen molar-refractivity contribution in [2.45, 2.75) is 32.7 Å². The molecule has 2 fully saturated rings. The molecule has 2 heterocycles. The number of hydrogen-bond donors (Lipinski definition) is 3. The fourth-order valence-electron chi connectivity index (χ4n) is 3.57. The molecule has 2 aromatic carbocycles. The second-order valence-electron chi connectivity index (χ2n) is 7.91. The molecule has 7 nitrogen and oxygen atoms in total. The molecule has 2 aromatic rings. The number of thioether (sulfide) groups is 1. The van der Waals surface area contributed by atoms with Gasteiger partial charge in [0.15, 0.2) is 10.6 Å². The van der Waals surface area contributed by atoms with Gasteiger partial charge in [0.2, 0.25) is 11.8 Å². The minimum Gasteiger partial charge on any atom is -0.357 e. The van der Waals surface area contributed by atoms with E-state index in [9.17, 15) is 14.4 Å². The summed E-state index contributed by atoms with van der Waals surface area (Å²) in [7, 11) is 0. The molecule has 33 heavy (non-hydrogen) atoms. The van der Waals surface area contributed by atoms with Crippen LogP contribution in [0.2, 0.25) is 0 Å². The Morgan fingerprint density at radius 3 is 2.48 bits per heavy atom. The third kappa shape index (κ3) is 4.79. The monoisotopic (exact) mass is 480 g/mol. The van der Waals surface area contributed by atoms with Gasteiger partial charge in [0.1, 0.15) is 5.92 Å². The molecule has 0 aliphatic carbocycles.